The Hall–Kier alpha value is -0.510. The molecule has 66 valence electrons. The number of allylic oxidation sites excluding steroid dienone is 3. The predicted octanol–water partition coefficient (Wildman–Crippen LogP) is 1.92. The Kier molecular flexibility index (Phi) is 2.09. The van der Waals surface area contributed by atoms with Gasteiger partial charge in [0.2, 0.25) is 0 Å². The molecule has 1 aliphatic heterocycles. The Bertz CT molecular complexity index is 249. The fourth-order valence-electron chi connectivity index (χ4n) is 1.21. The van der Waals surface area contributed by atoms with Crippen molar-refractivity contribution in [2.45, 2.75) is 11.0 Å². The summed E-state index contributed by atoms with van der Waals surface area (Å²) in [4.78, 5) is -0.294. The van der Waals surface area contributed by atoms with Crippen LogP contribution < -0.4 is 0 Å². The molecule has 2 nitrogen and oxygen atoms in total. The highest BCUT2D eigenvalue weighted by Crippen LogP contribution is 2.30. The minimum absolute atomic E-state index is 0.294. The molecule has 2 unspecified atom stereocenters. The predicted molar refractivity (Wildman–Crippen MR) is 45.7 cm³/mol. The number of hydrogen-bond acceptors (Lipinski definition) is 2. The molecule has 0 amide bonds. The van der Waals surface area contributed by atoms with Crippen molar-refractivity contribution in [1.29, 1.82) is 0 Å². The van der Waals surface area contributed by atoms with Gasteiger partial charge in [0.15, 0.2) is 17.7 Å². The molecule has 0 saturated carbocycles. The second-order valence-electron chi connectivity index (χ2n) is 2.63. The summed E-state index contributed by atoms with van der Waals surface area (Å²) in [6.07, 6.45) is 2.34. The summed E-state index contributed by atoms with van der Waals surface area (Å²) in [6, 6.07) is 0. The Balaban J connectivity index is 2.28. The highest BCUT2D eigenvalue weighted by molar-refractivity contribution is 9.09. The van der Waals surface area contributed by atoms with Crippen molar-refractivity contribution in [3.63, 3.8) is 0 Å². The Morgan fingerprint density at radius 3 is 3.00 bits per heavy atom. The van der Waals surface area contributed by atoms with Crippen LogP contribution in [-0.2, 0) is 9.47 Å². The second-order valence-corrected chi connectivity index (χ2v) is 3.69. The molecular formula is C8H8BrFO2. The summed E-state index contributed by atoms with van der Waals surface area (Å²) < 4.78 is 23.7. The van der Waals surface area contributed by atoms with Crippen molar-refractivity contribution >= 4 is 15.9 Å². The molecule has 1 aliphatic carbocycles. The van der Waals surface area contributed by atoms with Gasteiger partial charge in [-0.15, -0.1) is 0 Å². The van der Waals surface area contributed by atoms with E-state index in [1.54, 1.807) is 12.2 Å². The number of hydrogen-bond donors (Lipinski definition) is 0. The maximum absolute atomic E-state index is 13.4. The molecule has 0 aromatic rings. The molecule has 0 bridgehead atoms. The van der Waals surface area contributed by atoms with Crippen LogP contribution in [0.25, 0.3) is 0 Å². The van der Waals surface area contributed by atoms with E-state index in [9.17, 15) is 4.39 Å². The number of ether oxygens (including phenoxy) is 2. The first kappa shape index (κ1) is 8.10. The van der Waals surface area contributed by atoms with Gasteiger partial charge in [0.25, 0.3) is 0 Å². The topological polar surface area (TPSA) is 18.5 Å². The fraction of sp³-hybridized carbons (Fsp3) is 0.500. The van der Waals surface area contributed by atoms with Gasteiger partial charge in [0, 0.05) is 0 Å². The third-order valence-corrected chi connectivity index (χ3v) is 2.57. The van der Waals surface area contributed by atoms with Crippen LogP contribution in [0.5, 0.6) is 0 Å². The van der Waals surface area contributed by atoms with Gasteiger partial charge in [-0.25, -0.2) is 4.39 Å². The van der Waals surface area contributed by atoms with Crippen LogP contribution in [0.1, 0.15) is 0 Å². The molecule has 0 saturated heterocycles. The van der Waals surface area contributed by atoms with Crippen LogP contribution in [0.15, 0.2) is 23.7 Å². The fourth-order valence-corrected chi connectivity index (χ4v) is 1.61. The molecule has 0 radical (unpaired) electrons. The average Bonchev–Trinajstić information content (AvgIpc) is 2.12. The quantitative estimate of drug-likeness (QED) is 0.597. The lowest BCUT2D eigenvalue weighted by atomic mass is 10.1. The summed E-state index contributed by atoms with van der Waals surface area (Å²) >= 11 is 3.18. The lowest BCUT2D eigenvalue weighted by Crippen LogP contribution is -2.27. The van der Waals surface area contributed by atoms with Crippen LogP contribution in [0.3, 0.4) is 0 Å². The van der Waals surface area contributed by atoms with Crippen molar-refractivity contribution < 1.29 is 13.9 Å². The van der Waals surface area contributed by atoms with Gasteiger partial charge in [0.1, 0.15) is 13.2 Å². The molecule has 12 heavy (non-hydrogen) atoms. The standard InChI is InChI=1S/C8H8BrFO2/c9-5-1-2-6-8(7(5)10)12-4-3-11-6/h1-2,5,7H,3-4H2. The lowest BCUT2D eigenvalue weighted by molar-refractivity contribution is 0.0438. The first-order valence-corrected chi connectivity index (χ1v) is 4.67. The molecule has 1 heterocycles. The maximum atomic E-state index is 13.4. The van der Waals surface area contributed by atoms with E-state index in [1.165, 1.54) is 0 Å². The highest BCUT2D eigenvalue weighted by Gasteiger charge is 2.31. The molecule has 2 aliphatic rings. The van der Waals surface area contributed by atoms with E-state index in [4.69, 9.17) is 9.47 Å². The molecule has 0 N–H and O–H groups in total. The highest BCUT2D eigenvalue weighted by atomic mass is 79.9. The lowest BCUT2D eigenvalue weighted by Gasteiger charge is -2.26. The second kappa shape index (κ2) is 3.09. The molecule has 2 atom stereocenters. The van der Waals surface area contributed by atoms with Crippen molar-refractivity contribution in [2.75, 3.05) is 13.2 Å². The van der Waals surface area contributed by atoms with Crippen molar-refractivity contribution in [1.82, 2.24) is 0 Å². The first-order valence-electron chi connectivity index (χ1n) is 3.75. The minimum atomic E-state index is -1.12. The molecule has 0 aromatic heterocycles. The van der Waals surface area contributed by atoms with Gasteiger partial charge >= 0.3 is 0 Å². The zero-order valence-electron chi connectivity index (χ0n) is 6.30. The summed E-state index contributed by atoms with van der Waals surface area (Å²) in [6.45, 7) is 0.940. The van der Waals surface area contributed by atoms with Gasteiger partial charge in [-0.1, -0.05) is 22.0 Å². The van der Waals surface area contributed by atoms with Gasteiger partial charge < -0.3 is 9.47 Å². The van der Waals surface area contributed by atoms with Crippen LogP contribution >= 0.6 is 15.9 Å². The molecule has 4 heteroatoms. The minimum Gasteiger partial charge on any atom is -0.487 e. The molecular weight excluding hydrogens is 227 g/mol. The zero-order chi connectivity index (χ0) is 8.55. The summed E-state index contributed by atoms with van der Waals surface area (Å²) in [5.41, 5.74) is 0. The normalized spacial score (nSPS) is 33.8. The van der Waals surface area contributed by atoms with Gasteiger partial charge in [-0.05, 0) is 6.08 Å². The molecule has 0 fully saturated rings. The Morgan fingerprint density at radius 2 is 2.17 bits per heavy atom. The van der Waals surface area contributed by atoms with E-state index in [0.29, 0.717) is 24.7 Å². The molecule has 0 spiro atoms. The van der Waals surface area contributed by atoms with E-state index in [0.717, 1.165) is 0 Å². The number of halogens is 2. The van der Waals surface area contributed by atoms with Crippen LogP contribution in [-0.4, -0.2) is 24.2 Å². The average molecular weight is 235 g/mol. The van der Waals surface area contributed by atoms with E-state index in [1.807, 2.05) is 0 Å². The van der Waals surface area contributed by atoms with E-state index in [2.05, 4.69) is 15.9 Å². The van der Waals surface area contributed by atoms with Crippen molar-refractivity contribution in [3.05, 3.63) is 23.7 Å². The van der Waals surface area contributed by atoms with E-state index < -0.39 is 6.17 Å². The first-order chi connectivity index (χ1) is 5.79. The third-order valence-electron chi connectivity index (χ3n) is 1.80. The smallest absolute Gasteiger partial charge is 0.177 e. The van der Waals surface area contributed by atoms with Crippen molar-refractivity contribution in [2.24, 2.45) is 0 Å². The molecule has 2 rings (SSSR count). The third kappa shape index (κ3) is 1.24. The number of alkyl halides is 2. The zero-order valence-corrected chi connectivity index (χ0v) is 7.88. The summed E-state index contributed by atoms with van der Waals surface area (Å²) in [5, 5.41) is 0. The SMILES string of the molecule is FC1C2=C(C=CC1Br)OCCO2. The summed E-state index contributed by atoms with van der Waals surface area (Å²) in [7, 11) is 0. The molecule has 0 aromatic carbocycles. The number of rotatable bonds is 0. The largest absolute Gasteiger partial charge is 0.487 e. The van der Waals surface area contributed by atoms with Crippen molar-refractivity contribution in [3.8, 4) is 0 Å². The monoisotopic (exact) mass is 234 g/mol. The maximum Gasteiger partial charge on any atom is 0.177 e. The van der Waals surface area contributed by atoms with Gasteiger partial charge in [-0.2, -0.15) is 0 Å². The van der Waals surface area contributed by atoms with Gasteiger partial charge in [-0.3, -0.25) is 0 Å². The Morgan fingerprint density at radius 1 is 1.42 bits per heavy atom. The summed E-state index contributed by atoms with van der Waals surface area (Å²) in [5.74, 6) is 0.857. The van der Waals surface area contributed by atoms with E-state index in [-0.39, 0.29) is 4.83 Å². The van der Waals surface area contributed by atoms with Crippen LogP contribution in [0.4, 0.5) is 4.39 Å². The van der Waals surface area contributed by atoms with Crippen LogP contribution in [0, 0.1) is 0 Å². The Labute approximate surface area is 78.2 Å². The van der Waals surface area contributed by atoms with E-state index >= 15 is 0 Å². The van der Waals surface area contributed by atoms with Crippen LogP contribution in [0.2, 0.25) is 0 Å². The van der Waals surface area contributed by atoms with Gasteiger partial charge in [0.05, 0.1) is 4.83 Å².